The van der Waals surface area contributed by atoms with Crippen molar-refractivity contribution in [1.82, 2.24) is 9.97 Å². The van der Waals surface area contributed by atoms with Gasteiger partial charge in [0.2, 0.25) is 0 Å². The van der Waals surface area contributed by atoms with Crippen molar-refractivity contribution in [3.63, 3.8) is 0 Å². The second kappa shape index (κ2) is 5.99. The van der Waals surface area contributed by atoms with E-state index in [1.807, 2.05) is 49.1 Å². The van der Waals surface area contributed by atoms with E-state index >= 15 is 0 Å². The zero-order chi connectivity index (χ0) is 13.6. The van der Waals surface area contributed by atoms with E-state index in [9.17, 15) is 0 Å². The molecule has 3 aromatic rings. The minimum absolute atomic E-state index is 0. The van der Waals surface area contributed by atoms with Crippen LogP contribution in [-0.4, -0.2) is 9.97 Å². The summed E-state index contributed by atoms with van der Waals surface area (Å²) >= 11 is 9.62. The first-order valence-electron chi connectivity index (χ1n) is 5.85. The number of hydrogen-bond donors (Lipinski definition) is 1. The van der Waals surface area contributed by atoms with Gasteiger partial charge in [-0.3, -0.25) is 0 Å². The predicted octanol–water partition coefficient (Wildman–Crippen LogP) is 0.783. The van der Waals surface area contributed by atoms with Gasteiger partial charge in [-0.2, -0.15) is 0 Å². The molecular formula is C14H12BrClIN3. The summed E-state index contributed by atoms with van der Waals surface area (Å²) in [5, 5.41) is 0.741. The van der Waals surface area contributed by atoms with E-state index in [-0.39, 0.29) is 24.0 Å². The van der Waals surface area contributed by atoms with Gasteiger partial charge in [0.25, 0.3) is 0 Å². The molecule has 0 amide bonds. The van der Waals surface area contributed by atoms with E-state index in [1.54, 1.807) is 0 Å². The number of nitrogens with zero attached hydrogens (tertiary/aromatic N) is 2. The maximum Gasteiger partial charge on any atom is 0.182 e. The molecule has 104 valence electrons. The van der Waals surface area contributed by atoms with Gasteiger partial charge in [-0.25, -0.2) is 9.55 Å². The summed E-state index contributed by atoms with van der Waals surface area (Å²) in [6.45, 7) is 1.99. The number of nitrogens with one attached hydrogen (secondary N) is 1. The highest BCUT2D eigenvalue weighted by atomic mass is 127. The smallest absolute Gasteiger partial charge is 0.182 e. The van der Waals surface area contributed by atoms with Crippen LogP contribution in [0.1, 0.15) is 5.56 Å². The summed E-state index contributed by atoms with van der Waals surface area (Å²) in [4.78, 5) is 7.92. The Kier molecular flexibility index (Phi) is 4.71. The number of aromatic nitrogens is 3. The molecule has 3 rings (SSSR count). The SMILES string of the molecule is Cc1cc2[nH]c(-c3cc(Br)c[n+](C)c3)nc2cc1Cl.[I-]. The third-order valence-corrected chi connectivity index (χ3v) is 3.84. The molecular weight excluding hydrogens is 452 g/mol. The van der Waals surface area contributed by atoms with E-state index in [4.69, 9.17) is 11.6 Å². The molecule has 0 bridgehead atoms. The Bertz CT molecular complexity index is 726. The van der Waals surface area contributed by atoms with Gasteiger partial charge in [-0.15, -0.1) is 0 Å². The Hall–Kier alpha value is -0.660. The second-order valence-electron chi connectivity index (χ2n) is 4.61. The van der Waals surface area contributed by atoms with E-state index < -0.39 is 0 Å². The van der Waals surface area contributed by atoms with Crippen LogP contribution >= 0.6 is 27.5 Å². The van der Waals surface area contributed by atoms with E-state index in [2.05, 4.69) is 25.9 Å². The number of hydrogen-bond acceptors (Lipinski definition) is 1. The van der Waals surface area contributed by atoms with Gasteiger partial charge >= 0.3 is 0 Å². The highest BCUT2D eigenvalue weighted by molar-refractivity contribution is 9.10. The average molecular weight is 465 g/mol. The minimum Gasteiger partial charge on any atom is -1.00 e. The van der Waals surface area contributed by atoms with Crippen LogP contribution < -0.4 is 28.5 Å². The summed E-state index contributed by atoms with van der Waals surface area (Å²) in [6.07, 6.45) is 4.02. The van der Waals surface area contributed by atoms with Crippen molar-refractivity contribution in [2.45, 2.75) is 6.92 Å². The van der Waals surface area contributed by atoms with Gasteiger partial charge in [0, 0.05) is 5.02 Å². The van der Waals surface area contributed by atoms with Gasteiger partial charge < -0.3 is 29.0 Å². The Morgan fingerprint density at radius 3 is 2.70 bits per heavy atom. The number of rotatable bonds is 1. The molecule has 0 aliphatic heterocycles. The highest BCUT2D eigenvalue weighted by Crippen LogP contribution is 2.25. The molecule has 1 N–H and O–H groups in total. The number of benzene rings is 1. The van der Waals surface area contributed by atoms with Crippen LogP contribution in [0.4, 0.5) is 0 Å². The monoisotopic (exact) mass is 463 g/mol. The van der Waals surface area contributed by atoms with Gasteiger partial charge in [-0.05, 0) is 46.6 Å². The molecule has 0 aliphatic carbocycles. The first-order chi connectivity index (χ1) is 9.02. The van der Waals surface area contributed by atoms with Crippen molar-refractivity contribution in [3.8, 4) is 11.4 Å². The lowest BCUT2D eigenvalue weighted by molar-refractivity contribution is -0.671. The number of fused-ring (bicyclic) bond motifs is 1. The summed E-state index contributed by atoms with van der Waals surface area (Å²) < 4.78 is 3.01. The standard InChI is InChI=1S/C14H12BrClN3.HI/c1-8-3-12-13(5-11(8)16)18-14(17-12)9-4-10(15)7-19(2)6-9;/h3-7H,1-2H3,(H,17,18);1H/q+1;/p-1. The van der Waals surface area contributed by atoms with Gasteiger partial charge in [0.05, 0.1) is 21.1 Å². The summed E-state index contributed by atoms with van der Waals surface area (Å²) in [7, 11) is 1.98. The third kappa shape index (κ3) is 2.99. The first-order valence-corrected chi connectivity index (χ1v) is 7.02. The quantitative estimate of drug-likeness (QED) is 0.419. The zero-order valence-electron chi connectivity index (χ0n) is 10.9. The molecule has 2 aromatic heterocycles. The Labute approximate surface area is 147 Å². The lowest BCUT2D eigenvalue weighted by Crippen LogP contribution is -3.00. The molecule has 0 spiro atoms. The molecule has 6 heteroatoms. The van der Waals surface area contributed by atoms with Crippen molar-refractivity contribution in [3.05, 3.63) is 45.7 Å². The van der Waals surface area contributed by atoms with E-state index in [0.717, 1.165) is 37.5 Å². The minimum atomic E-state index is 0. The van der Waals surface area contributed by atoms with Crippen LogP contribution in [0.15, 0.2) is 35.1 Å². The number of H-pyrrole nitrogens is 1. The fourth-order valence-electron chi connectivity index (χ4n) is 2.08. The summed E-state index contributed by atoms with van der Waals surface area (Å²) in [5.74, 6) is 0.841. The van der Waals surface area contributed by atoms with Crippen LogP contribution in [0.25, 0.3) is 22.4 Å². The van der Waals surface area contributed by atoms with Crippen molar-refractivity contribution in [1.29, 1.82) is 0 Å². The Balaban J connectivity index is 0.00000147. The fourth-order valence-corrected chi connectivity index (χ4v) is 2.81. The number of halogens is 3. The van der Waals surface area contributed by atoms with Crippen LogP contribution in [0.2, 0.25) is 5.02 Å². The number of pyridine rings is 1. The average Bonchev–Trinajstić information content (AvgIpc) is 2.71. The molecule has 0 saturated heterocycles. The fraction of sp³-hybridized carbons (Fsp3) is 0.143. The van der Waals surface area contributed by atoms with Crippen LogP contribution in [-0.2, 0) is 7.05 Å². The van der Waals surface area contributed by atoms with Crippen molar-refractivity contribution in [2.24, 2.45) is 7.05 Å². The normalized spacial score (nSPS) is 10.6. The predicted molar refractivity (Wildman–Crippen MR) is 80.2 cm³/mol. The number of imidazole rings is 1. The maximum absolute atomic E-state index is 6.13. The topological polar surface area (TPSA) is 32.6 Å². The number of aryl methyl sites for hydroxylation is 2. The van der Waals surface area contributed by atoms with Gasteiger partial charge in [0.1, 0.15) is 12.9 Å². The molecule has 0 unspecified atom stereocenters. The van der Waals surface area contributed by atoms with Crippen LogP contribution in [0, 0.1) is 6.92 Å². The molecule has 0 atom stereocenters. The summed E-state index contributed by atoms with van der Waals surface area (Å²) in [5.41, 5.74) is 3.96. The van der Waals surface area contributed by atoms with Gasteiger partial charge in [0.15, 0.2) is 12.4 Å². The third-order valence-electron chi connectivity index (χ3n) is 3.00. The summed E-state index contributed by atoms with van der Waals surface area (Å²) in [6, 6.07) is 5.95. The highest BCUT2D eigenvalue weighted by Gasteiger charge is 2.11. The second-order valence-corrected chi connectivity index (χ2v) is 5.94. The van der Waals surface area contributed by atoms with E-state index in [1.165, 1.54) is 0 Å². The van der Waals surface area contributed by atoms with E-state index in [0.29, 0.717) is 0 Å². The lowest BCUT2D eigenvalue weighted by Gasteiger charge is -1.96. The van der Waals surface area contributed by atoms with Crippen LogP contribution in [0.5, 0.6) is 0 Å². The zero-order valence-corrected chi connectivity index (χ0v) is 15.4. The Morgan fingerprint density at radius 1 is 1.25 bits per heavy atom. The Morgan fingerprint density at radius 2 is 2.00 bits per heavy atom. The molecule has 20 heavy (non-hydrogen) atoms. The van der Waals surface area contributed by atoms with Crippen molar-refractivity contribution >= 4 is 38.6 Å². The molecule has 2 heterocycles. The van der Waals surface area contributed by atoms with Crippen molar-refractivity contribution < 1.29 is 28.5 Å². The molecule has 0 radical (unpaired) electrons. The first kappa shape index (κ1) is 15.7. The van der Waals surface area contributed by atoms with Crippen LogP contribution in [0.3, 0.4) is 0 Å². The molecule has 0 fully saturated rings. The lowest BCUT2D eigenvalue weighted by atomic mass is 10.2. The molecule has 0 aliphatic rings. The van der Waals surface area contributed by atoms with Gasteiger partial charge in [-0.1, -0.05) is 11.6 Å². The number of aromatic amines is 1. The maximum atomic E-state index is 6.13. The van der Waals surface area contributed by atoms with Crippen molar-refractivity contribution in [2.75, 3.05) is 0 Å². The molecule has 3 nitrogen and oxygen atoms in total. The molecule has 0 saturated carbocycles. The molecule has 1 aromatic carbocycles. The largest absolute Gasteiger partial charge is 1.00 e.